The van der Waals surface area contributed by atoms with Gasteiger partial charge in [0, 0.05) is 0 Å². The van der Waals surface area contributed by atoms with Crippen LogP contribution in [0, 0.1) is 22.7 Å². The maximum atomic E-state index is 8.67. The van der Waals surface area contributed by atoms with Crippen LogP contribution in [-0.4, -0.2) is 0 Å². The van der Waals surface area contributed by atoms with Crippen molar-refractivity contribution >= 4 is 0 Å². The van der Waals surface area contributed by atoms with Gasteiger partial charge >= 0.3 is 0 Å². The topological polar surface area (TPSA) is 99.6 Å². The molecule has 0 aliphatic rings. The van der Waals surface area contributed by atoms with E-state index < -0.39 is 11.1 Å². The minimum absolute atomic E-state index is 0.850. The van der Waals surface area contributed by atoms with Crippen LogP contribution in [0.1, 0.15) is 25.0 Å². The highest BCUT2D eigenvalue weighted by Gasteiger charge is 2.19. The van der Waals surface area contributed by atoms with Gasteiger partial charge < -0.3 is 11.5 Å². The molecule has 2 rings (SSSR count). The number of benzene rings is 2. The van der Waals surface area contributed by atoms with Crippen LogP contribution in [0.2, 0.25) is 0 Å². The van der Waals surface area contributed by atoms with E-state index in [1.165, 1.54) is 0 Å². The minimum Gasteiger partial charge on any atom is -0.310 e. The SMILES string of the molecule is CC(N)(C#N)c1ccccc1.C[C@@](N)(C#N)c1ccccc1. The molecule has 0 fully saturated rings. The van der Waals surface area contributed by atoms with Gasteiger partial charge in [0.2, 0.25) is 0 Å². The van der Waals surface area contributed by atoms with E-state index in [2.05, 4.69) is 0 Å². The first-order chi connectivity index (χ1) is 10.3. The molecule has 4 nitrogen and oxygen atoms in total. The van der Waals surface area contributed by atoms with E-state index in [1.807, 2.05) is 72.8 Å². The molecule has 0 aliphatic carbocycles. The standard InChI is InChI=1S/2C9H10N2/c2*1-9(11,7-10)8-5-3-2-4-6-8/h2*2-6H,11H2,1H3/t9-;/m1./s1. The molecule has 0 saturated carbocycles. The molecule has 0 amide bonds. The maximum Gasteiger partial charge on any atom is 0.126 e. The molecular formula is C18H20N4. The second-order valence-electron chi connectivity index (χ2n) is 5.36. The van der Waals surface area contributed by atoms with Crippen LogP contribution in [0.25, 0.3) is 0 Å². The fraction of sp³-hybridized carbons (Fsp3) is 0.222. The van der Waals surface area contributed by atoms with Crippen molar-refractivity contribution in [2.75, 3.05) is 0 Å². The number of nitrogens with two attached hydrogens (primary N) is 2. The lowest BCUT2D eigenvalue weighted by atomic mass is 9.95. The molecule has 0 bridgehead atoms. The van der Waals surface area contributed by atoms with Gasteiger partial charge in [0.15, 0.2) is 0 Å². The van der Waals surface area contributed by atoms with Gasteiger partial charge in [0.05, 0.1) is 12.1 Å². The summed E-state index contributed by atoms with van der Waals surface area (Å²) >= 11 is 0. The molecule has 2 aromatic carbocycles. The first kappa shape index (κ1) is 17.4. The molecule has 4 heteroatoms. The van der Waals surface area contributed by atoms with Gasteiger partial charge in [-0.15, -0.1) is 0 Å². The second kappa shape index (κ2) is 7.38. The highest BCUT2D eigenvalue weighted by atomic mass is 14.7. The third-order valence-electron chi connectivity index (χ3n) is 3.21. The van der Waals surface area contributed by atoms with Crippen molar-refractivity contribution < 1.29 is 0 Å². The zero-order chi connectivity index (χ0) is 16.6. The van der Waals surface area contributed by atoms with Crippen molar-refractivity contribution in [3.05, 3.63) is 71.8 Å². The van der Waals surface area contributed by atoms with E-state index in [0.29, 0.717) is 0 Å². The van der Waals surface area contributed by atoms with Crippen molar-refractivity contribution in [3.63, 3.8) is 0 Å². The van der Waals surface area contributed by atoms with Crippen LogP contribution in [-0.2, 0) is 11.1 Å². The monoisotopic (exact) mass is 292 g/mol. The summed E-state index contributed by atoms with van der Waals surface area (Å²) in [6.07, 6.45) is 0. The van der Waals surface area contributed by atoms with Crippen molar-refractivity contribution in [1.82, 2.24) is 0 Å². The van der Waals surface area contributed by atoms with Gasteiger partial charge in [-0.1, -0.05) is 60.7 Å². The summed E-state index contributed by atoms with van der Waals surface area (Å²) in [6, 6.07) is 22.8. The Morgan fingerprint density at radius 1 is 0.682 bits per heavy atom. The molecule has 0 heterocycles. The van der Waals surface area contributed by atoms with Crippen LogP contribution in [0.4, 0.5) is 0 Å². The number of nitrogens with zero attached hydrogens (tertiary/aromatic N) is 2. The highest BCUT2D eigenvalue weighted by molar-refractivity contribution is 5.29. The molecule has 2 aromatic rings. The number of rotatable bonds is 2. The molecule has 22 heavy (non-hydrogen) atoms. The Morgan fingerprint density at radius 3 is 1.18 bits per heavy atom. The first-order valence-electron chi connectivity index (χ1n) is 6.85. The third kappa shape index (κ3) is 4.71. The molecule has 1 unspecified atom stereocenters. The summed E-state index contributed by atoms with van der Waals surface area (Å²) in [5, 5.41) is 17.3. The van der Waals surface area contributed by atoms with Crippen molar-refractivity contribution in [3.8, 4) is 12.1 Å². The number of hydrogen-bond acceptors (Lipinski definition) is 4. The Kier molecular flexibility index (Phi) is 5.83. The van der Waals surface area contributed by atoms with Gasteiger partial charge in [-0.25, -0.2) is 0 Å². The Bertz CT molecular complexity index is 600. The lowest BCUT2D eigenvalue weighted by Crippen LogP contribution is -2.30. The summed E-state index contributed by atoms with van der Waals surface area (Å²) in [4.78, 5) is 0. The molecule has 0 spiro atoms. The van der Waals surface area contributed by atoms with E-state index in [9.17, 15) is 0 Å². The van der Waals surface area contributed by atoms with Gasteiger partial charge in [0.1, 0.15) is 11.1 Å². The van der Waals surface area contributed by atoms with Crippen molar-refractivity contribution in [2.45, 2.75) is 24.9 Å². The third-order valence-corrected chi connectivity index (χ3v) is 3.21. The van der Waals surface area contributed by atoms with Crippen molar-refractivity contribution in [1.29, 1.82) is 10.5 Å². The fourth-order valence-corrected chi connectivity index (χ4v) is 1.70. The zero-order valence-corrected chi connectivity index (χ0v) is 12.8. The van der Waals surface area contributed by atoms with Crippen LogP contribution in [0.3, 0.4) is 0 Å². The van der Waals surface area contributed by atoms with E-state index in [4.69, 9.17) is 22.0 Å². The molecule has 0 aliphatic heterocycles. The van der Waals surface area contributed by atoms with E-state index >= 15 is 0 Å². The molecule has 112 valence electrons. The van der Waals surface area contributed by atoms with Crippen LogP contribution in [0.5, 0.6) is 0 Å². The van der Waals surface area contributed by atoms with E-state index in [0.717, 1.165) is 11.1 Å². The smallest absolute Gasteiger partial charge is 0.126 e. The average molecular weight is 292 g/mol. The summed E-state index contributed by atoms with van der Waals surface area (Å²) < 4.78 is 0. The van der Waals surface area contributed by atoms with Gasteiger partial charge in [0.25, 0.3) is 0 Å². The number of hydrogen-bond donors (Lipinski definition) is 2. The zero-order valence-electron chi connectivity index (χ0n) is 12.8. The summed E-state index contributed by atoms with van der Waals surface area (Å²) in [6.45, 7) is 3.39. The second-order valence-corrected chi connectivity index (χ2v) is 5.36. The van der Waals surface area contributed by atoms with Gasteiger partial charge in [-0.3, -0.25) is 0 Å². The summed E-state index contributed by atoms with van der Waals surface area (Å²) in [7, 11) is 0. The predicted molar refractivity (Wildman–Crippen MR) is 87.2 cm³/mol. The van der Waals surface area contributed by atoms with Gasteiger partial charge in [-0.05, 0) is 25.0 Å². The van der Waals surface area contributed by atoms with E-state index in [1.54, 1.807) is 13.8 Å². The maximum absolute atomic E-state index is 8.67. The van der Waals surface area contributed by atoms with Crippen LogP contribution >= 0.6 is 0 Å². The molecule has 0 radical (unpaired) electrons. The van der Waals surface area contributed by atoms with E-state index in [-0.39, 0.29) is 0 Å². The molecule has 0 saturated heterocycles. The predicted octanol–water partition coefficient (Wildman–Crippen LogP) is 2.77. The Hall–Kier alpha value is -2.66. The number of nitriles is 2. The molecular weight excluding hydrogens is 272 g/mol. The lowest BCUT2D eigenvalue weighted by Gasteiger charge is -2.14. The van der Waals surface area contributed by atoms with Crippen LogP contribution in [0.15, 0.2) is 60.7 Å². The fourth-order valence-electron chi connectivity index (χ4n) is 1.70. The highest BCUT2D eigenvalue weighted by Crippen LogP contribution is 2.15. The normalized spacial score (nSPS) is 15.0. The Balaban J connectivity index is 0.000000220. The first-order valence-corrected chi connectivity index (χ1v) is 6.85. The Labute approximate surface area is 131 Å². The Morgan fingerprint density at radius 2 is 0.955 bits per heavy atom. The van der Waals surface area contributed by atoms with Crippen molar-refractivity contribution in [2.24, 2.45) is 11.5 Å². The quantitative estimate of drug-likeness (QED) is 0.888. The molecule has 4 N–H and O–H groups in total. The largest absolute Gasteiger partial charge is 0.310 e. The van der Waals surface area contributed by atoms with Gasteiger partial charge in [-0.2, -0.15) is 10.5 Å². The average Bonchev–Trinajstić information content (AvgIpc) is 2.57. The molecule has 0 aromatic heterocycles. The summed E-state index contributed by atoms with van der Waals surface area (Å²) in [5.41, 5.74) is 11.3. The van der Waals surface area contributed by atoms with Crippen LogP contribution < -0.4 is 11.5 Å². The summed E-state index contributed by atoms with van der Waals surface area (Å²) in [5.74, 6) is 0. The minimum atomic E-state index is -0.860. The lowest BCUT2D eigenvalue weighted by molar-refractivity contribution is 0.646. The molecule has 2 atom stereocenters.